The molecule has 0 heterocycles. The minimum atomic E-state index is -1.82. The molecule has 0 amide bonds. The summed E-state index contributed by atoms with van der Waals surface area (Å²) in [6, 6.07) is 0. The Labute approximate surface area is 84.5 Å². The molecule has 0 aliphatic heterocycles. The van der Waals surface area contributed by atoms with Crippen molar-refractivity contribution in [1.82, 2.24) is 0 Å². The average Bonchev–Trinajstić information content (AvgIpc) is 2.41. The van der Waals surface area contributed by atoms with Crippen molar-refractivity contribution < 1.29 is 41.5 Å². The Morgan fingerprint density at radius 3 is 1.42 bits per heavy atom. The van der Waals surface area contributed by atoms with E-state index in [2.05, 4.69) is 24.3 Å². The Morgan fingerprint density at radius 1 is 1.00 bits per heavy atom. The fraction of sp³-hybridized carbons (Fsp3) is 0.143. The van der Waals surface area contributed by atoms with Crippen molar-refractivity contribution in [3.8, 4) is 0 Å². The molecule has 0 spiro atoms. The van der Waals surface area contributed by atoms with Gasteiger partial charge in [0.25, 0.3) is 0 Å². The number of carbonyl (C=O) groups is 2. The van der Waals surface area contributed by atoms with E-state index in [1.807, 2.05) is 0 Å². The Balaban J connectivity index is 0. The molecule has 0 aromatic heterocycles. The molecular formula is C7H8O4Ti. The Morgan fingerprint density at radius 2 is 1.33 bits per heavy atom. The van der Waals surface area contributed by atoms with E-state index in [-0.39, 0.29) is 21.7 Å². The van der Waals surface area contributed by atoms with E-state index < -0.39 is 11.9 Å². The minimum absolute atomic E-state index is 0. The molecule has 1 rings (SSSR count). The average molecular weight is 204 g/mol. The number of aliphatic carboxylic acids is 2. The van der Waals surface area contributed by atoms with Crippen LogP contribution in [-0.4, -0.2) is 22.2 Å². The number of hydrogen-bond donors (Lipinski definition) is 2. The van der Waals surface area contributed by atoms with Crippen LogP contribution in [0.25, 0.3) is 0 Å². The second kappa shape index (κ2) is 8.23. The molecule has 12 heavy (non-hydrogen) atoms. The smallest absolute Gasteiger partial charge is 0.414 e. The van der Waals surface area contributed by atoms with Crippen molar-refractivity contribution in [3.63, 3.8) is 0 Å². The molecule has 0 fully saturated rings. The van der Waals surface area contributed by atoms with Crippen molar-refractivity contribution in [3.05, 3.63) is 24.3 Å². The Kier molecular flexibility index (Phi) is 9.40. The van der Waals surface area contributed by atoms with Crippen LogP contribution in [0.1, 0.15) is 6.42 Å². The van der Waals surface area contributed by atoms with Gasteiger partial charge in [-0.05, 0) is 6.42 Å². The largest absolute Gasteiger partial charge is 0.473 e. The van der Waals surface area contributed by atoms with E-state index in [9.17, 15) is 0 Å². The summed E-state index contributed by atoms with van der Waals surface area (Å²) < 4.78 is 0. The molecular weight excluding hydrogens is 196 g/mol. The quantitative estimate of drug-likeness (QED) is 0.448. The molecule has 0 atom stereocenters. The molecule has 2 N–H and O–H groups in total. The summed E-state index contributed by atoms with van der Waals surface area (Å²) in [6.45, 7) is 0. The molecule has 0 bridgehead atoms. The third-order valence-corrected chi connectivity index (χ3v) is 0.838. The van der Waals surface area contributed by atoms with Gasteiger partial charge in [0, 0.05) is 21.7 Å². The molecule has 1 aliphatic rings. The maximum atomic E-state index is 9.10. The van der Waals surface area contributed by atoms with E-state index in [0.29, 0.717) is 0 Å². The first-order valence-corrected chi connectivity index (χ1v) is 2.92. The normalized spacial score (nSPS) is 11.0. The van der Waals surface area contributed by atoms with Crippen LogP contribution in [-0.2, 0) is 31.3 Å². The zero-order valence-electron chi connectivity index (χ0n) is 6.23. The first-order chi connectivity index (χ1) is 5.14. The third kappa shape index (κ3) is 9.13. The molecule has 0 aromatic carbocycles. The zero-order valence-corrected chi connectivity index (χ0v) is 7.79. The molecule has 4 nitrogen and oxygen atoms in total. The molecule has 0 radical (unpaired) electrons. The number of rotatable bonds is 0. The summed E-state index contributed by atoms with van der Waals surface area (Å²) in [5.41, 5.74) is 0. The predicted octanol–water partition coefficient (Wildman–Crippen LogP) is 0.656. The number of hydrogen-bond acceptors (Lipinski definition) is 2. The molecule has 5 heteroatoms. The summed E-state index contributed by atoms with van der Waals surface area (Å²) in [5.74, 6) is -3.65. The van der Waals surface area contributed by atoms with Gasteiger partial charge in [0.1, 0.15) is 0 Å². The van der Waals surface area contributed by atoms with Crippen LogP contribution in [0, 0.1) is 0 Å². The third-order valence-electron chi connectivity index (χ3n) is 0.838. The summed E-state index contributed by atoms with van der Waals surface area (Å²) >= 11 is 0. The first-order valence-electron chi connectivity index (χ1n) is 2.92. The standard InChI is InChI=1S/C5H6.C2H2O4.Ti/c1-2-4-5-3-1;3-1(4)2(5)6;/h1-4H,5H2;(H,3,4)(H,5,6);. The van der Waals surface area contributed by atoms with Crippen LogP contribution in [0.2, 0.25) is 0 Å². The molecule has 0 saturated heterocycles. The van der Waals surface area contributed by atoms with Crippen LogP contribution in [0.5, 0.6) is 0 Å². The van der Waals surface area contributed by atoms with Crippen LogP contribution in [0.3, 0.4) is 0 Å². The van der Waals surface area contributed by atoms with Gasteiger partial charge in [-0.15, -0.1) is 0 Å². The van der Waals surface area contributed by atoms with Gasteiger partial charge in [-0.25, -0.2) is 9.59 Å². The molecule has 0 saturated carbocycles. The van der Waals surface area contributed by atoms with Crippen LogP contribution < -0.4 is 0 Å². The summed E-state index contributed by atoms with van der Waals surface area (Å²) in [5, 5.41) is 14.8. The van der Waals surface area contributed by atoms with E-state index in [1.54, 1.807) is 0 Å². The number of allylic oxidation sites excluding steroid dienone is 4. The van der Waals surface area contributed by atoms with Gasteiger partial charge in [-0.2, -0.15) is 0 Å². The van der Waals surface area contributed by atoms with Crippen molar-refractivity contribution in [2.75, 3.05) is 0 Å². The van der Waals surface area contributed by atoms with Gasteiger partial charge >= 0.3 is 11.9 Å². The summed E-state index contributed by atoms with van der Waals surface area (Å²) in [6.07, 6.45) is 9.50. The van der Waals surface area contributed by atoms with Crippen LogP contribution >= 0.6 is 0 Å². The van der Waals surface area contributed by atoms with Gasteiger partial charge < -0.3 is 10.2 Å². The number of carboxylic acids is 2. The van der Waals surface area contributed by atoms with Crippen LogP contribution in [0.4, 0.5) is 0 Å². The van der Waals surface area contributed by atoms with Gasteiger partial charge in [-0.3, -0.25) is 0 Å². The number of carboxylic acid groups (broad SMARTS) is 2. The molecule has 0 unspecified atom stereocenters. The molecule has 1 aliphatic carbocycles. The maximum Gasteiger partial charge on any atom is 0.414 e. The second-order valence-corrected chi connectivity index (χ2v) is 1.70. The maximum absolute atomic E-state index is 9.10. The first kappa shape index (κ1) is 13.7. The van der Waals surface area contributed by atoms with Crippen LogP contribution in [0.15, 0.2) is 24.3 Å². The summed E-state index contributed by atoms with van der Waals surface area (Å²) in [7, 11) is 0. The Bertz CT molecular complexity index is 185. The topological polar surface area (TPSA) is 74.6 Å². The SMILES string of the molecule is C1=CCC=C1.O=C(O)C(=O)O.[Ti]. The minimum Gasteiger partial charge on any atom is -0.473 e. The fourth-order valence-corrected chi connectivity index (χ4v) is 0.393. The van der Waals surface area contributed by atoms with Gasteiger partial charge in [0.15, 0.2) is 0 Å². The van der Waals surface area contributed by atoms with E-state index >= 15 is 0 Å². The Hall–Kier alpha value is -0.866. The van der Waals surface area contributed by atoms with Gasteiger partial charge in [0.2, 0.25) is 0 Å². The van der Waals surface area contributed by atoms with E-state index in [0.717, 1.165) is 6.42 Å². The molecule has 64 valence electrons. The van der Waals surface area contributed by atoms with E-state index in [1.165, 1.54) is 0 Å². The summed E-state index contributed by atoms with van der Waals surface area (Å²) in [4.78, 5) is 18.2. The van der Waals surface area contributed by atoms with E-state index in [4.69, 9.17) is 19.8 Å². The second-order valence-electron chi connectivity index (χ2n) is 1.70. The van der Waals surface area contributed by atoms with Gasteiger partial charge in [-0.1, -0.05) is 24.3 Å². The monoisotopic (exact) mass is 204 g/mol. The fourth-order valence-electron chi connectivity index (χ4n) is 0.393. The van der Waals surface area contributed by atoms with Crippen molar-refractivity contribution in [1.29, 1.82) is 0 Å². The van der Waals surface area contributed by atoms with Crippen molar-refractivity contribution in [2.24, 2.45) is 0 Å². The van der Waals surface area contributed by atoms with Gasteiger partial charge in [0.05, 0.1) is 0 Å². The predicted molar refractivity (Wildman–Crippen MR) is 38.2 cm³/mol. The van der Waals surface area contributed by atoms with Crippen molar-refractivity contribution >= 4 is 11.9 Å². The molecule has 0 aromatic rings. The van der Waals surface area contributed by atoms with Crippen molar-refractivity contribution in [2.45, 2.75) is 6.42 Å². The zero-order chi connectivity index (χ0) is 8.69.